The molecule has 0 saturated carbocycles. The molecule has 0 fully saturated rings. The average molecular weight is 231 g/mol. The van der Waals surface area contributed by atoms with Crippen molar-refractivity contribution < 1.29 is 4.79 Å². The zero-order valence-electron chi connectivity index (χ0n) is 9.42. The van der Waals surface area contributed by atoms with E-state index < -0.39 is 0 Å². The molecule has 2 rings (SSSR count). The molecule has 0 unspecified atom stereocenters. The quantitative estimate of drug-likeness (QED) is 0.751. The van der Waals surface area contributed by atoms with Crippen LogP contribution in [0.1, 0.15) is 11.3 Å². The molecule has 0 aromatic carbocycles. The Morgan fingerprint density at radius 1 is 1.59 bits per heavy atom. The van der Waals surface area contributed by atoms with Crippen LogP contribution in [-0.4, -0.2) is 25.7 Å². The second kappa shape index (κ2) is 5.11. The van der Waals surface area contributed by atoms with Gasteiger partial charge in [-0.1, -0.05) is 0 Å². The van der Waals surface area contributed by atoms with Gasteiger partial charge < -0.3 is 10.3 Å². The fourth-order valence-electron chi connectivity index (χ4n) is 1.32. The van der Waals surface area contributed by atoms with Crippen LogP contribution in [0, 0.1) is 0 Å². The highest BCUT2D eigenvalue weighted by molar-refractivity contribution is 5.91. The summed E-state index contributed by atoms with van der Waals surface area (Å²) in [5.74, 6) is -0.150. The highest BCUT2D eigenvalue weighted by atomic mass is 16.1. The lowest BCUT2D eigenvalue weighted by molar-refractivity contribution is -0.116. The lowest BCUT2D eigenvalue weighted by atomic mass is 10.3. The lowest BCUT2D eigenvalue weighted by Crippen LogP contribution is -2.20. The number of aryl methyl sites for hydroxylation is 1. The minimum Gasteiger partial charge on any atom is -0.347 e. The van der Waals surface area contributed by atoms with Crippen molar-refractivity contribution in [2.45, 2.75) is 6.54 Å². The molecule has 2 N–H and O–H groups in total. The lowest BCUT2D eigenvalue weighted by Gasteiger charge is -1.98. The monoisotopic (exact) mass is 231 g/mol. The molecular weight excluding hydrogens is 218 g/mol. The molecule has 0 radical (unpaired) electrons. The molecule has 2 aromatic heterocycles. The minimum absolute atomic E-state index is 0.150. The number of rotatable bonds is 4. The van der Waals surface area contributed by atoms with Gasteiger partial charge in [0.25, 0.3) is 0 Å². The maximum atomic E-state index is 11.5. The van der Waals surface area contributed by atoms with Crippen LogP contribution in [-0.2, 0) is 18.4 Å². The number of H-pyrrole nitrogens is 1. The third-order valence-electron chi connectivity index (χ3n) is 2.16. The number of hydrogen-bond acceptors (Lipinski definition) is 3. The van der Waals surface area contributed by atoms with Crippen LogP contribution >= 0.6 is 0 Å². The molecule has 88 valence electrons. The Morgan fingerprint density at radius 3 is 3.12 bits per heavy atom. The van der Waals surface area contributed by atoms with E-state index in [1.54, 1.807) is 29.5 Å². The third-order valence-corrected chi connectivity index (χ3v) is 2.16. The van der Waals surface area contributed by atoms with Gasteiger partial charge in [-0.25, -0.2) is 4.98 Å². The molecule has 2 aromatic rings. The van der Waals surface area contributed by atoms with Crippen molar-refractivity contribution in [3.63, 3.8) is 0 Å². The Morgan fingerprint density at radius 2 is 2.47 bits per heavy atom. The van der Waals surface area contributed by atoms with Crippen LogP contribution in [0.2, 0.25) is 0 Å². The van der Waals surface area contributed by atoms with Gasteiger partial charge in [-0.15, -0.1) is 0 Å². The van der Waals surface area contributed by atoms with Gasteiger partial charge in [0.1, 0.15) is 0 Å². The van der Waals surface area contributed by atoms with Crippen molar-refractivity contribution in [3.8, 4) is 0 Å². The van der Waals surface area contributed by atoms with Crippen molar-refractivity contribution in [3.05, 3.63) is 42.3 Å². The number of hydrogen-bond donors (Lipinski definition) is 2. The molecule has 0 spiro atoms. The Balaban J connectivity index is 1.83. The molecule has 0 atom stereocenters. The SMILES string of the molecule is Cn1cc(C=CC(=O)NCc2cnc[nH]2)cn1. The van der Waals surface area contributed by atoms with E-state index in [4.69, 9.17) is 0 Å². The van der Waals surface area contributed by atoms with Crippen molar-refractivity contribution in [1.29, 1.82) is 0 Å². The molecule has 0 aliphatic heterocycles. The summed E-state index contributed by atoms with van der Waals surface area (Å²) in [7, 11) is 1.83. The van der Waals surface area contributed by atoms with Gasteiger partial charge in [-0.2, -0.15) is 5.10 Å². The number of nitrogens with one attached hydrogen (secondary N) is 2. The number of carbonyl (C=O) groups is 1. The Labute approximate surface area is 98.4 Å². The largest absolute Gasteiger partial charge is 0.347 e. The van der Waals surface area contributed by atoms with Crippen LogP contribution in [0.25, 0.3) is 6.08 Å². The Kier molecular flexibility index (Phi) is 3.34. The molecule has 0 aliphatic carbocycles. The van der Waals surface area contributed by atoms with Crippen molar-refractivity contribution in [1.82, 2.24) is 25.1 Å². The molecule has 0 saturated heterocycles. The van der Waals surface area contributed by atoms with Crippen LogP contribution in [0.4, 0.5) is 0 Å². The first-order chi connectivity index (χ1) is 8.24. The van der Waals surface area contributed by atoms with E-state index in [1.807, 2.05) is 13.2 Å². The average Bonchev–Trinajstić information content (AvgIpc) is 2.95. The highest BCUT2D eigenvalue weighted by Gasteiger charge is 1.97. The van der Waals surface area contributed by atoms with Crippen molar-refractivity contribution in [2.24, 2.45) is 7.05 Å². The van der Waals surface area contributed by atoms with Crippen LogP contribution in [0.5, 0.6) is 0 Å². The number of carbonyl (C=O) groups excluding carboxylic acids is 1. The first-order valence-corrected chi connectivity index (χ1v) is 5.16. The van der Waals surface area contributed by atoms with Crippen molar-refractivity contribution in [2.75, 3.05) is 0 Å². The zero-order chi connectivity index (χ0) is 12.1. The fourth-order valence-corrected chi connectivity index (χ4v) is 1.32. The number of aromatic nitrogens is 4. The summed E-state index contributed by atoms with van der Waals surface area (Å²) in [6.07, 6.45) is 9.97. The fraction of sp³-hybridized carbons (Fsp3) is 0.182. The predicted molar refractivity (Wildman–Crippen MR) is 62.7 cm³/mol. The first-order valence-electron chi connectivity index (χ1n) is 5.16. The normalized spacial score (nSPS) is 10.9. The molecule has 1 amide bonds. The maximum Gasteiger partial charge on any atom is 0.244 e. The van der Waals surface area contributed by atoms with Crippen molar-refractivity contribution >= 4 is 12.0 Å². The van der Waals surface area contributed by atoms with E-state index in [9.17, 15) is 4.79 Å². The summed E-state index contributed by atoms with van der Waals surface area (Å²) in [4.78, 5) is 18.2. The van der Waals surface area contributed by atoms with E-state index >= 15 is 0 Å². The zero-order valence-corrected chi connectivity index (χ0v) is 9.42. The summed E-state index contributed by atoms with van der Waals surface area (Å²) in [6, 6.07) is 0. The Bertz CT molecular complexity index is 512. The molecule has 6 heteroatoms. The smallest absolute Gasteiger partial charge is 0.244 e. The standard InChI is InChI=1S/C11H13N5O/c1-16-7-9(4-15-16)2-3-11(17)13-6-10-5-12-8-14-10/h2-5,7-8H,6H2,1H3,(H,12,14)(H,13,17). The third kappa shape index (κ3) is 3.30. The van der Waals surface area contributed by atoms with Gasteiger partial charge in [0.05, 0.1) is 24.8 Å². The summed E-state index contributed by atoms with van der Waals surface area (Å²) in [5, 5.41) is 6.74. The highest BCUT2D eigenvalue weighted by Crippen LogP contribution is 1.98. The molecular formula is C11H13N5O. The second-order valence-corrected chi connectivity index (χ2v) is 3.58. The van der Waals surface area contributed by atoms with Gasteiger partial charge in [-0.05, 0) is 6.08 Å². The Hall–Kier alpha value is -2.37. The second-order valence-electron chi connectivity index (χ2n) is 3.58. The summed E-state index contributed by atoms with van der Waals surface area (Å²) in [6.45, 7) is 0.441. The number of imidazole rings is 1. The van der Waals surface area contributed by atoms with Gasteiger partial charge in [0.2, 0.25) is 5.91 Å². The van der Waals surface area contributed by atoms with Crippen LogP contribution in [0.15, 0.2) is 31.0 Å². The van der Waals surface area contributed by atoms with E-state index in [1.165, 1.54) is 6.08 Å². The number of amides is 1. The van der Waals surface area contributed by atoms with Gasteiger partial charge in [0.15, 0.2) is 0 Å². The van der Waals surface area contributed by atoms with E-state index in [-0.39, 0.29) is 5.91 Å². The predicted octanol–water partition coefficient (Wildman–Crippen LogP) is 0.473. The summed E-state index contributed by atoms with van der Waals surface area (Å²) in [5.41, 5.74) is 1.76. The number of aromatic amines is 1. The maximum absolute atomic E-state index is 11.5. The van der Waals surface area contributed by atoms with Gasteiger partial charge in [0, 0.05) is 31.1 Å². The molecule has 0 bridgehead atoms. The van der Waals surface area contributed by atoms with Crippen LogP contribution < -0.4 is 5.32 Å². The van der Waals surface area contributed by atoms with Gasteiger partial charge >= 0.3 is 0 Å². The van der Waals surface area contributed by atoms with Crippen LogP contribution in [0.3, 0.4) is 0 Å². The first kappa shape index (κ1) is 11.1. The van der Waals surface area contributed by atoms with E-state index in [0.717, 1.165) is 11.3 Å². The summed E-state index contributed by atoms with van der Waals surface area (Å²) < 4.78 is 1.68. The van der Waals surface area contributed by atoms with Gasteiger partial charge in [-0.3, -0.25) is 9.48 Å². The molecule has 17 heavy (non-hydrogen) atoms. The minimum atomic E-state index is -0.150. The molecule has 0 aliphatic rings. The molecule has 6 nitrogen and oxygen atoms in total. The van der Waals surface area contributed by atoms with E-state index in [0.29, 0.717) is 6.54 Å². The summed E-state index contributed by atoms with van der Waals surface area (Å²) >= 11 is 0. The number of nitrogens with zero attached hydrogens (tertiary/aromatic N) is 3. The molecule has 2 heterocycles. The topological polar surface area (TPSA) is 75.6 Å². The van der Waals surface area contributed by atoms with E-state index in [2.05, 4.69) is 20.4 Å².